The molecule has 0 spiro atoms. The van der Waals surface area contributed by atoms with E-state index in [2.05, 4.69) is 4.99 Å². The number of esters is 1. The Labute approximate surface area is 220 Å². The van der Waals surface area contributed by atoms with Crippen molar-refractivity contribution in [2.45, 2.75) is 19.9 Å². The Morgan fingerprint density at radius 3 is 2.57 bits per heavy atom. The molecule has 9 nitrogen and oxygen atoms in total. The summed E-state index contributed by atoms with van der Waals surface area (Å²) in [5, 5.41) is 9.39. The smallest absolute Gasteiger partial charge is 0.341 e. The van der Waals surface area contributed by atoms with Crippen molar-refractivity contribution in [2.24, 2.45) is 4.99 Å². The topological polar surface area (TPSA) is 116 Å². The Balaban J connectivity index is 1.85. The maximum atomic E-state index is 13.7. The number of rotatable bonds is 8. The molecule has 0 amide bonds. The number of methoxy groups -OCH3 is 1. The lowest BCUT2D eigenvalue weighted by Gasteiger charge is -2.24. The van der Waals surface area contributed by atoms with E-state index in [0.29, 0.717) is 36.9 Å². The molecule has 192 valence electrons. The molecule has 1 N–H and O–H groups in total. The van der Waals surface area contributed by atoms with Crippen molar-refractivity contribution in [3.8, 4) is 11.5 Å². The van der Waals surface area contributed by atoms with Gasteiger partial charge in [-0.3, -0.25) is 9.36 Å². The molecule has 1 aliphatic rings. The first-order valence-electron chi connectivity index (χ1n) is 11.2. The van der Waals surface area contributed by atoms with Gasteiger partial charge in [0.05, 0.1) is 35.6 Å². The number of hydrogen-bond acceptors (Lipinski definition) is 8. The first-order chi connectivity index (χ1) is 17.7. The number of nitrogens with zero attached hydrogens (tertiary/aromatic N) is 2. The van der Waals surface area contributed by atoms with Crippen LogP contribution in [0.25, 0.3) is 6.08 Å². The van der Waals surface area contributed by atoms with E-state index >= 15 is 0 Å². The number of ether oxygens (including phenoxy) is 3. The van der Waals surface area contributed by atoms with E-state index < -0.39 is 24.6 Å². The molecule has 11 heteroatoms. The predicted molar refractivity (Wildman–Crippen MR) is 138 cm³/mol. The maximum Gasteiger partial charge on any atom is 0.341 e. The van der Waals surface area contributed by atoms with Crippen LogP contribution in [0.3, 0.4) is 0 Å². The molecule has 0 aliphatic carbocycles. The van der Waals surface area contributed by atoms with E-state index in [9.17, 15) is 14.4 Å². The highest BCUT2D eigenvalue weighted by Crippen LogP contribution is 2.31. The lowest BCUT2D eigenvalue weighted by Crippen LogP contribution is -2.39. The van der Waals surface area contributed by atoms with Gasteiger partial charge < -0.3 is 19.3 Å². The Morgan fingerprint density at radius 2 is 1.92 bits per heavy atom. The van der Waals surface area contributed by atoms with Gasteiger partial charge in [0.1, 0.15) is 0 Å². The second kappa shape index (κ2) is 11.0. The van der Waals surface area contributed by atoms with Crippen molar-refractivity contribution in [2.75, 3.05) is 20.3 Å². The van der Waals surface area contributed by atoms with Crippen LogP contribution in [-0.4, -0.2) is 41.9 Å². The number of allylic oxidation sites excluding steroid dienone is 1. The van der Waals surface area contributed by atoms with Gasteiger partial charge >= 0.3 is 11.9 Å². The lowest BCUT2D eigenvalue weighted by molar-refractivity contribution is -0.140. The molecule has 0 saturated heterocycles. The van der Waals surface area contributed by atoms with Gasteiger partial charge in [-0.05, 0) is 55.3 Å². The first kappa shape index (κ1) is 26.2. The van der Waals surface area contributed by atoms with Crippen molar-refractivity contribution in [1.82, 2.24) is 4.57 Å². The number of carboxylic acids is 1. The number of aromatic nitrogens is 1. The SMILES string of the molecule is CCOC(=O)C1=C(C)N=c2s/c(=C/c3ccc(OCC(=O)O)c(OC)c3)c(=O)n2[C@@H]1c1ccc(Cl)cc1. The average molecular weight is 543 g/mol. The molecular weight excluding hydrogens is 520 g/mol. The van der Waals surface area contributed by atoms with Crippen LogP contribution in [0.5, 0.6) is 11.5 Å². The third-order valence-corrected chi connectivity index (χ3v) is 6.77. The van der Waals surface area contributed by atoms with Crippen LogP contribution in [-0.2, 0) is 14.3 Å². The van der Waals surface area contributed by atoms with Crippen molar-refractivity contribution < 1.29 is 28.9 Å². The molecule has 2 heterocycles. The summed E-state index contributed by atoms with van der Waals surface area (Å²) < 4.78 is 17.7. The molecule has 0 saturated carbocycles. The summed E-state index contributed by atoms with van der Waals surface area (Å²) in [6.07, 6.45) is 1.68. The number of carbonyl (C=O) groups excluding carboxylic acids is 1. The standard InChI is InChI=1S/C26H23ClN2O7S/c1-4-35-25(33)22-14(2)28-26-29(23(22)16-6-8-17(27)9-7-16)24(32)20(37-26)12-15-5-10-18(19(11-15)34-3)36-13-21(30)31/h5-12,23H,4,13H2,1-3H3,(H,30,31)/b20-12+/t23-/m1/s1. The van der Waals surface area contributed by atoms with Gasteiger partial charge in [0, 0.05) is 5.02 Å². The summed E-state index contributed by atoms with van der Waals surface area (Å²) in [6, 6.07) is 11.1. The molecule has 0 bridgehead atoms. The van der Waals surface area contributed by atoms with E-state index in [1.807, 2.05) is 0 Å². The number of benzene rings is 2. The molecular formula is C26H23ClN2O7S. The summed E-state index contributed by atoms with van der Waals surface area (Å²) >= 11 is 7.27. The fourth-order valence-electron chi connectivity index (χ4n) is 3.94. The van der Waals surface area contributed by atoms with E-state index in [4.69, 9.17) is 30.9 Å². The number of hydrogen-bond donors (Lipinski definition) is 1. The first-order valence-corrected chi connectivity index (χ1v) is 12.4. The number of carboxylic acid groups (broad SMARTS) is 1. The maximum absolute atomic E-state index is 13.7. The Kier molecular flexibility index (Phi) is 7.80. The van der Waals surface area contributed by atoms with Crippen molar-refractivity contribution in [3.05, 3.63) is 89.6 Å². The monoisotopic (exact) mass is 542 g/mol. The van der Waals surface area contributed by atoms with Crippen LogP contribution in [0, 0.1) is 0 Å². The van der Waals surface area contributed by atoms with Gasteiger partial charge in [-0.25, -0.2) is 14.6 Å². The molecule has 0 unspecified atom stereocenters. The number of fused-ring (bicyclic) bond motifs is 1. The third kappa shape index (κ3) is 5.45. The molecule has 1 aliphatic heterocycles. The van der Waals surface area contributed by atoms with Crippen molar-refractivity contribution in [3.63, 3.8) is 0 Å². The average Bonchev–Trinajstić information content (AvgIpc) is 3.17. The van der Waals surface area contributed by atoms with E-state index in [-0.39, 0.29) is 23.5 Å². The van der Waals surface area contributed by atoms with Gasteiger partial charge in [-0.15, -0.1) is 0 Å². The largest absolute Gasteiger partial charge is 0.493 e. The molecule has 37 heavy (non-hydrogen) atoms. The molecule has 0 fully saturated rings. The highest BCUT2D eigenvalue weighted by Gasteiger charge is 2.33. The Morgan fingerprint density at radius 1 is 1.19 bits per heavy atom. The highest BCUT2D eigenvalue weighted by molar-refractivity contribution is 7.07. The summed E-state index contributed by atoms with van der Waals surface area (Å²) in [6.45, 7) is 3.10. The Hall–Kier alpha value is -3.89. The zero-order chi connectivity index (χ0) is 26.7. The summed E-state index contributed by atoms with van der Waals surface area (Å²) in [4.78, 5) is 42.4. The highest BCUT2D eigenvalue weighted by atomic mass is 35.5. The van der Waals surface area contributed by atoms with Crippen LogP contribution in [0.15, 0.2) is 63.5 Å². The van der Waals surface area contributed by atoms with Crippen LogP contribution >= 0.6 is 22.9 Å². The number of halogens is 1. The summed E-state index contributed by atoms with van der Waals surface area (Å²) in [5.41, 5.74) is 1.74. The van der Waals surface area contributed by atoms with Crippen LogP contribution in [0.2, 0.25) is 5.02 Å². The van der Waals surface area contributed by atoms with Crippen LogP contribution < -0.4 is 24.4 Å². The molecule has 3 aromatic rings. The normalized spacial score (nSPS) is 15.1. The van der Waals surface area contributed by atoms with Gasteiger partial charge in [0.15, 0.2) is 22.9 Å². The predicted octanol–water partition coefficient (Wildman–Crippen LogP) is 2.92. The summed E-state index contributed by atoms with van der Waals surface area (Å²) in [5.74, 6) is -1.07. The molecule has 0 radical (unpaired) electrons. The zero-order valence-electron chi connectivity index (χ0n) is 20.2. The van der Waals surface area contributed by atoms with Crippen LogP contribution in [0.4, 0.5) is 0 Å². The van der Waals surface area contributed by atoms with Crippen molar-refractivity contribution in [1.29, 1.82) is 0 Å². The fraction of sp³-hybridized carbons (Fsp3) is 0.231. The minimum Gasteiger partial charge on any atom is -0.493 e. The lowest BCUT2D eigenvalue weighted by atomic mass is 9.96. The van der Waals surface area contributed by atoms with Gasteiger partial charge in [-0.2, -0.15) is 0 Å². The molecule has 4 rings (SSSR count). The minimum atomic E-state index is -1.11. The zero-order valence-corrected chi connectivity index (χ0v) is 21.8. The second-order valence-corrected chi connectivity index (χ2v) is 9.39. The molecule has 2 aromatic carbocycles. The van der Waals surface area contributed by atoms with E-state index in [1.54, 1.807) is 62.4 Å². The quantitative estimate of drug-likeness (QED) is 0.435. The molecule has 1 atom stereocenters. The molecule has 1 aromatic heterocycles. The van der Waals surface area contributed by atoms with E-state index in [0.717, 1.165) is 0 Å². The number of aliphatic carboxylic acids is 1. The van der Waals surface area contributed by atoms with E-state index in [1.165, 1.54) is 23.0 Å². The van der Waals surface area contributed by atoms with Crippen molar-refractivity contribution >= 4 is 41.0 Å². The van der Waals surface area contributed by atoms with Gasteiger partial charge in [0.25, 0.3) is 5.56 Å². The number of carbonyl (C=O) groups is 2. The number of thiazole rings is 1. The third-order valence-electron chi connectivity index (χ3n) is 5.54. The van der Waals surface area contributed by atoms with Gasteiger partial charge in [0.2, 0.25) is 0 Å². The van der Waals surface area contributed by atoms with Crippen LogP contribution in [0.1, 0.15) is 31.0 Å². The minimum absolute atomic E-state index is 0.182. The summed E-state index contributed by atoms with van der Waals surface area (Å²) in [7, 11) is 1.44. The Bertz CT molecular complexity index is 1570. The second-order valence-electron chi connectivity index (χ2n) is 7.95. The fourth-order valence-corrected chi connectivity index (χ4v) is 5.11. The van der Waals surface area contributed by atoms with Gasteiger partial charge in [-0.1, -0.05) is 41.1 Å².